The zero-order valence-electron chi connectivity index (χ0n) is 17.2. The highest BCUT2D eigenvalue weighted by molar-refractivity contribution is 7.65. The Bertz CT molecular complexity index is 1370. The Labute approximate surface area is 187 Å². The van der Waals surface area contributed by atoms with Crippen LogP contribution >= 0.6 is 7.52 Å². The topological polar surface area (TPSA) is 69.0 Å². The lowest BCUT2D eigenvalue weighted by Gasteiger charge is -2.28. The van der Waals surface area contributed by atoms with Gasteiger partial charge in [-0.25, -0.2) is 9.77 Å². The van der Waals surface area contributed by atoms with Gasteiger partial charge < -0.3 is 4.52 Å². The Morgan fingerprint density at radius 2 is 1.64 bits per heavy atom. The second kappa shape index (κ2) is 8.17. The van der Waals surface area contributed by atoms with Crippen molar-refractivity contribution in [1.82, 2.24) is 20.1 Å². The molecule has 1 aliphatic heterocycles. The number of halogens is 3. The first-order valence-electron chi connectivity index (χ1n) is 10.1. The van der Waals surface area contributed by atoms with Crippen molar-refractivity contribution in [3.05, 3.63) is 95.8 Å². The van der Waals surface area contributed by atoms with Crippen LogP contribution in [0, 0.1) is 0 Å². The maximum Gasteiger partial charge on any atom is 0.416 e. The fourth-order valence-electron chi connectivity index (χ4n) is 3.82. The average Bonchev–Trinajstić information content (AvgIpc) is 3.25. The first-order valence-corrected chi connectivity index (χ1v) is 11.7. The van der Waals surface area contributed by atoms with E-state index < -0.39 is 19.3 Å². The van der Waals surface area contributed by atoms with E-state index in [9.17, 15) is 17.7 Å². The Kier molecular flexibility index (Phi) is 5.31. The van der Waals surface area contributed by atoms with E-state index in [1.807, 2.05) is 30.3 Å². The summed E-state index contributed by atoms with van der Waals surface area (Å²) < 4.78 is 60.7. The second-order valence-electron chi connectivity index (χ2n) is 7.55. The third-order valence-electron chi connectivity index (χ3n) is 5.33. The SMILES string of the molecule is O=P1(NCc2cn(Cc3ccccc3C(F)(F)F)nn2)Oc2ccccc2-c2ccccc21. The number of hydrogen-bond acceptors (Lipinski definition) is 4. The monoisotopic (exact) mass is 470 g/mol. The number of benzene rings is 3. The Balaban J connectivity index is 1.35. The molecule has 2 heterocycles. The smallest absolute Gasteiger partial charge is 0.416 e. The largest absolute Gasteiger partial charge is 0.429 e. The lowest BCUT2D eigenvalue weighted by atomic mass is 10.0. The van der Waals surface area contributed by atoms with Crippen LogP contribution < -0.4 is 14.9 Å². The van der Waals surface area contributed by atoms with Crippen LogP contribution in [0.2, 0.25) is 0 Å². The summed E-state index contributed by atoms with van der Waals surface area (Å²) >= 11 is 0. The molecule has 0 aliphatic carbocycles. The van der Waals surface area contributed by atoms with E-state index in [-0.39, 0.29) is 18.7 Å². The van der Waals surface area contributed by atoms with Gasteiger partial charge in [0.15, 0.2) is 0 Å². The number of nitrogens with zero attached hydrogens (tertiary/aromatic N) is 3. The van der Waals surface area contributed by atoms with Gasteiger partial charge in [-0.3, -0.25) is 4.57 Å². The van der Waals surface area contributed by atoms with Gasteiger partial charge in [0.25, 0.3) is 0 Å². The fourth-order valence-corrected chi connectivity index (χ4v) is 5.76. The normalized spacial score (nSPS) is 17.2. The Morgan fingerprint density at radius 1 is 0.939 bits per heavy atom. The number of fused-ring (bicyclic) bond motifs is 3. The quantitative estimate of drug-likeness (QED) is 0.415. The molecule has 6 nitrogen and oxygen atoms in total. The van der Waals surface area contributed by atoms with E-state index in [2.05, 4.69) is 15.4 Å². The number of hydrogen-bond donors (Lipinski definition) is 1. The molecule has 1 atom stereocenters. The predicted molar refractivity (Wildman–Crippen MR) is 117 cm³/mol. The summed E-state index contributed by atoms with van der Waals surface area (Å²) in [6.45, 7) is -0.0260. The van der Waals surface area contributed by atoms with Gasteiger partial charge in [-0.2, -0.15) is 13.2 Å². The van der Waals surface area contributed by atoms with Gasteiger partial charge in [0.05, 0.1) is 35.8 Å². The molecule has 4 aromatic rings. The van der Waals surface area contributed by atoms with E-state index in [1.54, 1.807) is 24.3 Å². The van der Waals surface area contributed by atoms with Crippen molar-refractivity contribution in [2.75, 3.05) is 0 Å². The number of aromatic nitrogens is 3. The number of nitrogens with one attached hydrogen (secondary N) is 1. The van der Waals surface area contributed by atoms with E-state index in [0.717, 1.165) is 17.2 Å². The van der Waals surface area contributed by atoms with Crippen molar-refractivity contribution >= 4 is 12.8 Å². The fraction of sp³-hybridized carbons (Fsp3) is 0.130. The standard InChI is InChI=1S/C23H18F3N4O2P/c24-23(25,26)20-10-4-1-7-16(20)14-30-15-17(28-29-30)13-27-33(31)22-12-6-3-9-19(22)18-8-2-5-11-21(18)32-33/h1-12,15H,13-14H2,(H,27,31). The van der Waals surface area contributed by atoms with E-state index in [1.165, 1.54) is 23.0 Å². The minimum atomic E-state index is -4.46. The molecule has 0 spiro atoms. The van der Waals surface area contributed by atoms with Crippen molar-refractivity contribution in [3.63, 3.8) is 0 Å². The number of rotatable bonds is 5. The van der Waals surface area contributed by atoms with Gasteiger partial charge in [0, 0.05) is 11.1 Å². The van der Waals surface area contributed by atoms with Crippen LogP contribution in [-0.4, -0.2) is 15.0 Å². The Hall–Kier alpha value is -3.42. The molecule has 1 unspecified atom stereocenters. The van der Waals surface area contributed by atoms with Crippen LogP contribution in [0.4, 0.5) is 13.2 Å². The molecule has 0 amide bonds. The highest BCUT2D eigenvalue weighted by Gasteiger charge is 2.36. The molecule has 0 saturated heterocycles. The van der Waals surface area contributed by atoms with Gasteiger partial charge in [0.2, 0.25) is 0 Å². The molecular formula is C23H18F3N4O2P. The highest BCUT2D eigenvalue weighted by Crippen LogP contribution is 2.51. The maximum atomic E-state index is 13.7. The summed E-state index contributed by atoms with van der Waals surface area (Å²) in [6, 6.07) is 20.0. The number of para-hydroxylation sites is 1. The summed E-state index contributed by atoms with van der Waals surface area (Å²) in [5.74, 6) is 0.513. The second-order valence-corrected chi connectivity index (χ2v) is 9.64. The van der Waals surface area contributed by atoms with Gasteiger partial charge in [-0.15, -0.1) is 5.10 Å². The van der Waals surface area contributed by atoms with Crippen LogP contribution in [0.3, 0.4) is 0 Å². The molecule has 33 heavy (non-hydrogen) atoms. The van der Waals surface area contributed by atoms with Crippen LogP contribution in [0.15, 0.2) is 79.0 Å². The van der Waals surface area contributed by atoms with E-state index >= 15 is 0 Å². The van der Waals surface area contributed by atoms with E-state index in [4.69, 9.17) is 4.52 Å². The summed E-state index contributed by atoms with van der Waals surface area (Å²) in [5.41, 5.74) is 1.48. The summed E-state index contributed by atoms with van der Waals surface area (Å²) in [7, 11) is -3.46. The van der Waals surface area contributed by atoms with Crippen molar-refractivity contribution in [2.24, 2.45) is 0 Å². The lowest BCUT2D eigenvalue weighted by Crippen LogP contribution is -2.27. The highest BCUT2D eigenvalue weighted by atomic mass is 31.2. The summed E-state index contributed by atoms with van der Waals surface area (Å²) in [4.78, 5) is 0. The number of alkyl halides is 3. The van der Waals surface area contributed by atoms with Crippen molar-refractivity contribution in [3.8, 4) is 16.9 Å². The molecule has 3 aromatic carbocycles. The molecule has 0 bridgehead atoms. The molecule has 1 N–H and O–H groups in total. The van der Waals surface area contributed by atoms with Crippen LogP contribution in [0.25, 0.3) is 11.1 Å². The van der Waals surface area contributed by atoms with Gasteiger partial charge in [0.1, 0.15) is 5.75 Å². The van der Waals surface area contributed by atoms with Gasteiger partial charge in [-0.05, 0) is 23.8 Å². The van der Waals surface area contributed by atoms with Crippen molar-refractivity contribution in [1.29, 1.82) is 0 Å². The first kappa shape index (κ1) is 21.4. The van der Waals surface area contributed by atoms with Crippen LogP contribution in [0.5, 0.6) is 5.75 Å². The van der Waals surface area contributed by atoms with Gasteiger partial charge >= 0.3 is 13.7 Å². The molecule has 0 fully saturated rings. The average molecular weight is 470 g/mol. The molecular weight excluding hydrogens is 452 g/mol. The van der Waals surface area contributed by atoms with E-state index in [0.29, 0.717) is 16.7 Å². The third-order valence-corrected chi connectivity index (χ3v) is 7.39. The lowest BCUT2D eigenvalue weighted by molar-refractivity contribution is -0.138. The minimum absolute atomic E-state index is 0.0642. The van der Waals surface area contributed by atoms with Gasteiger partial charge in [-0.1, -0.05) is 59.8 Å². The third kappa shape index (κ3) is 4.17. The zero-order valence-corrected chi connectivity index (χ0v) is 18.1. The molecule has 168 valence electrons. The zero-order chi connectivity index (χ0) is 23.1. The van der Waals surface area contributed by atoms with Crippen molar-refractivity contribution in [2.45, 2.75) is 19.3 Å². The Morgan fingerprint density at radius 3 is 2.45 bits per heavy atom. The van der Waals surface area contributed by atoms with Crippen molar-refractivity contribution < 1.29 is 22.3 Å². The molecule has 1 aliphatic rings. The molecule has 10 heteroatoms. The molecule has 1 aromatic heterocycles. The molecule has 5 rings (SSSR count). The maximum absolute atomic E-state index is 13.7. The first-order chi connectivity index (χ1) is 15.8. The molecule has 0 saturated carbocycles. The molecule has 0 radical (unpaired) electrons. The summed E-state index contributed by atoms with van der Waals surface area (Å²) in [6.07, 6.45) is -2.93. The predicted octanol–water partition coefficient (Wildman–Crippen LogP) is 5.01. The summed E-state index contributed by atoms with van der Waals surface area (Å²) in [5, 5.41) is 11.5. The van der Waals surface area contributed by atoms with Crippen LogP contribution in [0.1, 0.15) is 16.8 Å². The minimum Gasteiger partial charge on any atom is -0.429 e. The van der Waals surface area contributed by atoms with Crippen LogP contribution in [-0.2, 0) is 23.8 Å².